The van der Waals surface area contributed by atoms with Crippen LogP contribution in [-0.2, 0) is 0 Å². The minimum Gasteiger partial charge on any atom is -0.497 e. The second kappa shape index (κ2) is 9.84. The predicted molar refractivity (Wildman–Crippen MR) is 128 cm³/mol. The van der Waals surface area contributed by atoms with E-state index in [0.29, 0.717) is 5.02 Å². The van der Waals surface area contributed by atoms with Crippen LogP contribution in [0, 0.1) is 0 Å². The van der Waals surface area contributed by atoms with E-state index in [9.17, 15) is 0 Å². The number of pyridine rings is 1. The maximum atomic E-state index is 6.24. The van der Waals surface area contributed by atoms with Crippen molar-refractivity contribution in [1.82, 2.24) is 9.88 Å². The number of rotatable bonds is 8. The normalized spacial score (nSPS) is 15.2. The largest absolute Gasteiger partial charge is 0.497 e. The van der Waals surface area contributed by atoms with Crippen LogP contribution in [0.1, 0.15) is 45.4 Å². The first-order chi connectivity index (χ1) is 14.7. The standard InChI is InChI=1S/C25H32ClN3O/c1-3-29(19-8-5-4-6-9-19)15-7-14-27-25-21-12-10-18(26)16-24(21)28-23-13-11-20(30-2)17-22(23)25/h10-13,16-17,19H,3-9,14-15H2,1-2H3,(H,27,28). The zero-order chi connectivity index (χ0) is 20.9. The molecule has 3 aromatic rings. The number of nitrogens with one attached hydrogen (secondary N) is 1. The highest BCUT2D eigenvalue weighted by atomic mass is 35.5. The summed E-state index contributed by atoms with van der Waals surface area (Å²) in [6, 6.07) is 12.8. The average molecular weight is 426 g/mol. The van der Waals surface area contributed by atoms with Gasteiger partial charge in [-0.15, -0.1) is 0 Å². The van der Waals surface area contributed by atoms with E-state index in [4.69, 9.17) is 21.3 Å². The summed E-state index contributed by atoms with van der Waals surface area (Å²) < 4.78 is 5.46. The quantitative estimate of drug-likeness (QED) is 0.330. The molecule has 0 aliphatic heterocycles. The molecule has 1 aromatic heterocycles. The molecule has 4 nitrogen and oxygen atoms in total. The Balaban J connectivity index is 1.54. The fourth-order valence-corrected chi connectivity index (χ4v) is 4.92. The van der Waals surface area contributed by atoms with Crippen LogP contribution >= 0.6 is 11.6 Å². The number of hydrogen-bond acceptors (Lipinski definition) is 4. The van der Waals surface area contributed by atoms with E-state index in [-0.39, 0.29) is 0 Å². The van der Waals surface area contributed by atoms with Gasteiger partial charge in [-0.1, -0.05) is 37.8 Å². The van der Waals surface area contributed by atoms with E-state index < -0.39 is 0 Å². The molecule has 2 aromatic carbocycles. The van der Waals surface area contributed by atoms with Crippen molar-refractivity contribution in [3.8, 4) is 5.75 Å². The molecule has 0 radical (unpaired) electrons. The summed E-state index contributed by atoms with van der Waals surface area (Å²) in [4.78, 5) is 7.49. The second-order valence-corrected chi connectivity index (χ2v) is 8.67. The summed E-state index contributed by atoms with van der Waals surface area (Å²) >= 11 is 6.24. The Morgan fingerprint density at radius 1 is 1.07 bits per heavy atom. The van der Waals surface area contributed by atoms with Crippen molar-refractivity contribution in [3.63, 3.8) is 0 Å². The van der Waals surface area contributed by atoms with Gasteiger partial charge in [0.25, 0.3) is 0 Å². The molecule has 0 saturated heterocycles. The fraction of sp³-hybridized carbons (Fsp3) is 0.480. The highest BCUT2D eigenvalue weighted by Crippen LogP contribution is 2.34. The minimum atomic E-state index is 0.708. The summed E-state index contributed by atoms with van der Waals surface area (Å²) in [5.74, 6) is 0.843. The van der Waals surface area contributed by atoms with Gasteiger partial charge in [0, 0.05) is 34.9 Å². The van der Waals surface area contributed by atoms with E-state index >= 15 is 0 Å². The third kappa shape index (κ3) is 4.65. The molecule has 1 aliphatic rings. The molecule has 0 spiro atoms. The number of hydrogen-bond donors (Lipinski definition) is 1. The van der Waals surface area contributed by atoms with Crippen molar-refractivity contribution in [2.75, 3.05) is 32.1 Å². The third-order valence-electron chi connectivity index (χ3n) is 6.36. The van der Waals surface area contributed by atoms with Gasteiger partial charge in [0.15, 0.2) is 0 Å². The summed E-state index contributed by atoms with van der Waals surface area (Å²) in [6.45, 7) is 5.50. The maximum absolute atomic E-state index is 6.24. The Hall–Kier alpha value is -2.04. The molecule has 5 heteroatoms. The zero-order valence-corrected chi connectivity index (χ0v) is 18.8. The lowest BCUT2D eigenvalue weighted by molar-refractivity contribution is 0.163. The number of nitrogens with zero attached hydrogens (tertiary/aromatic N) is 2. The number of fused-ring (bicyclic) bond motifs is 2. The lowest BCUT2D eigenvalue weighted by Crippen LogP contribution is -2.37. The molecule has 1 heterocycles. The highest BCUT2D eigenvalue weighted by molar-refractivity contribution is 6.31. The molecular weight excluding hydrogens is 394 g/mol. The van der Waals surface area contributed by atoms with Gasteiger partial charge >= 0.3 is 0 Å². The monoisotopic (exact) mass is 425 g/mol. The molecule has 0 atom stereocenters. The molecule has 0 bridgehead atoms. The van der Waals surface area contributed by atoms with Gasteiger partial charge in [0.2, 0.25) is 0 Å². The molecule has 4 rings (SSSR count). The van der Waals surface area contributed by atoms with Crippen molar-refractivity contribution in [2.45, 2.75) is 51.5 Å². The van der Waals surface area contributed by atoms with Crippen LogP contribution in [0.2, 0.25) is 5.02 Å². The van der Waals surface area contributed by atoms with E-state index in [0.717, 1.165) is 65.3 Å². The highest BCUT2D eigenvalue weighted by Gasteiger charge is 2.19. The Bertz CT molecular complexity index is 1000. The number of methoxy groups -OCH3 is 1. The summed E-state index contributed by atoms with van der Waals surface area (Å²) in [6.07, 6.45) is 8.03. The van der Waals surface area contributed by atoms with Gasteiger partial charge in [-0.05, 0) is 62.2 Å². The minimum absolute atomic E-state index is 0.708. The number of ether oxygens (including phenoxy) is 1. The van der Waals surface area contributed by atoms with Crippen LogP contribution in [-0.4, -0.2) is 42.7 Å². The summed E-state index contributed by atoms with van der Waals surface area (Å²) in [5.41, 5.74) is 2.98. The number of halogens is 1. The number of aromatic nitrogens is 1. The number of benzene rings is 2. The average Bonchev–Trinajstić information content (AvgIpc) is 2.78. The van der Waals surface area contributed by atoms with E-state index in [1.54, 1.807) is 7.11 Å². The van der Waals surface area contributed by atoms with Crippen molar-refractivity contribution in [3.05, 3.63) is 41.4 Å². The molecule has 1 N–H and O–H groups in total. The van der Waals surface area contributed by atoms with Crippen LogP contribution < -0.4 is 10.1 Å². The van der Waals surface area contributed by atoms with E-state index in [2.05, 4.69) is 29.3 Å². The lowest BCUT2D eigenvalue weighted by atomic mass is 9.94. The molecular formula is C25H32ClN3O. The second-order valence-electron chi connectivity index (χ2n) is 8.23. The Kier molecular flexibility index (Phi) is 6.96. The smallest absolute Gasteiger partial charge is 0.119 e. The Labute approximate surface area is 184 Å². The lowest BCUT2D eigenvalue weighted by Gasteiger charge is -2.33. The van der Waals surface area contributed by atoms with Gasteiger partial charge in [-0.3, -0.25) is 0 Å². The molecule has 30 heavy (non-hydrogen) atoms. The first-order valence-corrected chi connectivity index (χ1v) is 11.6. The van der Waals surface area contributed by atoms with Crippen molar-refractivity contribution in [2.24, 2.45) is 0 Å². The van der Waals surface area contributed by atoms with Gasteiger partial charge in [0.1, 0.15) is 5.75 Å². The van der Waals surface area contributed by atoms with Crippen molar-refractivity contribution >= 4 is 39.1 Å². The van der Waals surface area contributed by atoms with Gasteiger partial charge < -0.3 is 15.0 Å². The SMILES string of the molecule is CCN(CCCNc1c2ccc(Cl)cc2nc2ccc(OC)cc12)C1CCCCC1. The molecule has 1 aliphatic carbocycles. The fourth-order valence-electron chi connectivity index (χ4n) is 4.75. The van der Waals surface area contributed by atoms with Crippen LogP contribution in [0.3, 0.4) is 0 Å². The van der Waals surface area contributed by atoms with Gasteiger partial charge in [-0.2, -0.15) is 0 Å². The Morgan fingerprint density at radius 3 is 2.67 bits per heavy atom. The van der Waals surface area contributed by atoms with Crippen molar-refractivity contribution < 1.29 is 4.74 Å². The van der Waals surface area contributed by atoms with E-state index in [1.807, 2.05) is 24.3 Å². The molecule has 160 valence electrons. The first kappa shape index (κ1) is 21.2. The van der Waals surface area contributed by atoms with Crippen LogP contribution in [0.4, 0.5) is 5.69 Å². The zero-order valence-electron chi connectivity index (χ0n) is 18.1. The topological polar surface area (TPSA) is 37.4 Å². The van der Waals surface area contributed by atoms with Gasteiger partial charge in [0.05, 0.1) is 23.8 Å². The van der Waals surface area contributed by atoms with Crippen LogP contribution in [0.25, 0.3) is 21.8 Å². The maximum Gasteiger partial charge on any atom is 0.119 e. The van der Waals surface area contributed by atoms with Crippen LogP contribution in [0.15, 0.2) is 36.4 Å². The number of anilines is 1. The Morgan fingerprint density at radius 2 is 1.90 bits per heavy atom. The molecule has 0 unspecified atom stereocenters. The molecule has 1 saturated carbocycles. The summed E-state index contributed by atoms with van der Waals surface area (Å²) in [7, 11) is 1.70. The third-order valence-corrected chi connectivity index (χ3v) is 6.60. The van der Waals surface area contributed by atoms with Gasteiger partial charge in [-0.25, -0.2) is 4.98 Å². The van der Waals surface area contributed by atoms with Crippen molar-refractivity contribution in [1.29, 1.82) is 0 Å². The summed E-state index contributed by atoms with van der Waals surface area (Å²) in [5, 5.41) is 6.61. The molecule has 1 fully saturated rings. The first-order valence-electron chi connectivity index (χ1n) is 11.2. The van der Waals surface area contributed by atoms with Crippen LogP contribution in [0.5, 0.6) is 5.75 Å². The molecule has 0 amide bonds. The predicted octanol–water partition coefficient (Wildman–Crippen LogP) is 6.51. The van der Waals surface area contributed by atoms with E-state index in [1.165, 1.54) is 32.1 Å².